The molecule has 52 valence electrons. The first kappa shape index (κ1) is 6.66. The normalized spacial score (nSPS) is 28.1. The molecule has 1 heteroatoms. The molecule has 1 aliphatic heterocycles. The van der Waals surface area contributed by atoms with Crippen molar-refractivity contribution in [3.8, 4) is 0 Å². The third-order valence-corrected chi connectivity index (χ3v) is 1.90. The van der Waals surface area contributed by atoms with E-state index in [1.807, 2.05) is 6.92 Å². The minimum Gasteiger partial charge on any atom is -0.495 e. The highest BCUT2D eigenvalue weighted by Crippen LogP contribution is 2.21. The van der Waals surface area contributed by atoms with E-state index >= 15 is 0 Å². The topological polar surface area (TPSA) is 9.23 Å². The molecule has 0 saturated heterocycles. The second-order valence-electron chi connectivity index (χ2n) is 2.80. The molecule has 0 amide bonds. The van der Waals surface area contributed by atoms with Crippen molar-refractivity contribution in [2.24, 2.45) is 0 Å². The smallest absolute Gasteiger partial charge is 0.0957 e. The van der Waals surface area contributed by atoms with Crippen LogP contribution in [0.4, 0.5) is 0 Å². The molecule has 0 unspecified atom stereocenters. The number of allylic oxidation sites excluding steroid dienone is 2. The zero-order chi connectivity index (χ0) is 6.85. The fourth-order valence-electron chi connectivity index (χ4n) is 1.06. The maximum atomic E-state index is 5.48. The van der Waals surface area contributed by atoms with Crippen LogP contribution in [0.25, 0.3) is 0 Å². The van der Waals surface area contributed by atoms with Gasteiger partial charge in [0.1, 0.15) is 0 Å². The van der Waals surface area contributed by atoms with E-state index in [-0.39, 0.29) is 0 Å². The van der Waals surface area contributed by atoms with Gasteiger partial charge in [-0.2, -0.15) is 0 Å². The van der Waals surface area contributed by atoms with Crippen LogP contribution in [0.15, 0.2) is 11.3 Å². The van der Waals surface area contributed by atoms with E-state index in [2.05, 4.69) is 13.8 Å². The van der Waals surface area contributed by atoms with Crippen LogP contribution in [-0.4, -0.2) is 6.10 Å². The van der Waals surface area contributed by atoms with Crippen molar-refractivity contribution in [1.82, 2.24) is 0 Å². The maximum absolute atomic E-state index is 5.48. The van der Waals surface area contributed by atoms with E-state index in [0.29, 0.717) is 6.10 Å². The lowest BCUT2D eigenvalue weighted by Gasteiger charge is -2.22. The highest BCUT2D eigenvalue weighted by atomic mass is 16.5. The zero-order valence-corrected chi connectivity index (χ0v) is 6.40. The van der Waals surface area contributed by atoms with Crippen LogP contribution in [0, 0.1) is 0 Å². The molecule has 0 saturated carbocycles. The van der Waals surface area contributed by atoms with Gasteiger partial charge in [0.15, 0.2) is 0 Å². The van der Waals surface area contributed by atoms with E-state index in [0.717, 1.165) is 5.76 Å². The molecule has 1 rings (SSSR count). The fourth-order valence-corrected chi connectivity index (χ4v) is 1.06. The van der Waals surface area contributed by atoms with Gasteiger partial charge in [0.05, 0.1) is 11.9 Å². The summed E-state index contributed by atoms with van der Waals surface area (Å²) < 4.78 is 5.48. The first-order valence-electron chi connectivity index (χ1n) is 3.53. The van der Waals surface area contributed by atoms with E-state index < -0.39 is 0 Å². The van der Waals surface area contributed by atoms with Gasteiger partial charge >= 0.3 is 0 Å². The number of rotatable bonds is 0. The molecule has 1 aliphatic rings. The molecule has 0 aromatic rings. The second kappa shape index (κ2) is 2.42. The Morgan fingerprint density at radius 2 is 2.11 bits per heavy atom. The van der Waals surface area contributed by atoms with Gasteiger partial charge in [-0.3, -0.25) is 0 Å². The van der Waals surface area contributed by atoms with Crippen molar-refractivity contribution in [2.45, 2.75) is 39.7 Å². The zero-order valence-electron chi connectivity index (χ0n) is 6.40. The van der Waals surface area contributed by atoms with Crippen molar-refractivity contribution in [2.75, 3.05) is 0 Å². The van der Waals surface area contributed by atoms with E-state index in [4.69, 9.17) is 4.74 Å². The SMILES string of the molecule is CC1=C(C)O[C@@H](C)CC1. The van der Waals surface area contributed by atoms with Gasteiger partial charge in [0.2, 0.25) is 0 Å². The first-order chi connectivity index (χ1) is 4.20. The molecular formula is C8H14O. The Bertz CT molecular complexity index is 136. The summed E-state index contributed by atoms with van der Waals surface area (Å²) in [5.41, 5.74) is 1.41. The quantitative estimate of drug-likeness (QED) is 0.484. The van der Waals surface area contributed by atoms with Crippen molar-refractivity contribution in [3.05, 3.63) is 11.3 Å². The third-order valence-electron chi connectivity index (χ3n) is 1.90. The van der Waals surface area contributed by atoms with Crippen LogP contribution in [-0.2, 0) is 4.74 Å². The fraction of sp³-hybridized carbons (Fsp3) is 0.750. The summed E-state index contributed by atoms with van der Waals surface area (Å²) in [5, 5.41) is 0. The standard InChI is InChI=1S/C8H14O/c1-6-4-5-7(2)9-8(6)3/h7H,4-5H2,1-3H3/t7-/m0/s1. The van der Waals surface area contributed by atoms with Crippen LogP contribution in [0.1, 0.15) is 33.6 Å². The lowest BCUT2D eigenvalue weighted by Crippen LogP contribution is -2.12. The Labute approximate surface area is 56.7 Å². The van der Waals surface area contributed by atoms with Gasteiger partial charge in [-0.25, -0.2) is 0 Å². The summed E-state index contributed by atoms with van der Waals surface area (Å²) in [7, 11) is 0. The summed E-state index contributed by atoms with van der Waals surface area (Å²) in [6.07, 6.45) is 2.84. The maximum Gasteiger partial charge on any atom is 0.0957 e. The average molecular weight is 126 g/mol. The first-order valence-corrected chi connectivity index (χ1v) is 3.53. The van der Waals surface area contributed by atoms with Crippen molar-refractivity contribution < 1.29 is 4.74 Å². The number of hydrogen-bond acceptors (Lipinski definition) is 1. The van der Waals surface area contributed by atoms with Crippen molar-refractivity contribution >= 4 is 0 Å². The summed E-state index contributed by atoms with van der Waals surface area (Å²) in [6, 6.07) is 0. The highest BCUT2D eigenvalue weighted by Gasteiger charge is 2.11. The van der Waals surface area contributed by atoms with Gasteiger partial charge in [-0.15, -0.1) is 0 Å². The molecule has 1 nitrogen and oxygen atoms in total. The van der Waals surface area contributed by atoms with Gasteiger partial charge in [-0.05, 0) is 39.2 Å². The van der Waals surface area contributed by atoms with Gasteiger partial charge < -0.3 is 4.74 Å². The lowest BCUT2D eigenvalue weighted by atomic mass is 10.1. The molecule has 9 heavy (non-hydrogen) atoms. The van der Waals surface area contributed by atoms with Crippen LogP contribution >= 0.6 is 0 Å². The van der Waals surface area contributed by atoms with Crippen LogP contribution in [0.5, 0.6) is 0 Å². The lowest BCUT2D eigenvalue weighted by molar-refractivity contribution is 0.107. The van der Waals surface area contributed by atoms with Crippen LogP contribution in [0.2, 0.25) is 0 Å². The van der Waals surface area contributed by atoms with Gasteiger partial charge in [-0.1, -0.05) is 0 Å². The predicted molar refractivity (Wildman–Crippen MR) is 38.2 cm³/mol. The molecule has 0 bridgehead atoms. The Morgan fingerprint density at radius 3 is 2.56 bits per heavy atom. The molecule has 0 spiro atoms. The molecule has 1 atom stereocenters. The molecule has 0 radical (unpaired) electrons. The summed E-state index contributed by atoms with van der Waals surface area (Å²) >= 11 is 0. The Balaban J connectivity index is 2.61. The molecule has 0 aromatic heterocycles. The molecule has 1 heterocycles. The van der Waals surface area contributed by atoms with E-state index in [1.54, 1.807) is 0 Å². The monoisotopic (exact) mass is 126 g/mol. The highest BCUT2D eigenvalue weighted by molar-refractivity contribution is 5.06. The second-order valence-corrected chi connectivity index (χ2v) is 2.80. The minimum absolute atomic E-state index is 0.439. The van der Waals surface area contributed by atoms with Crippen LogP contribution in [0.3, 0.4) is 0 Å². The Morgan fingerprint density at radius 1 is 1.44 bits per heavy atom. The summed E-state index contributed by atoms with van der Waals surface area (Å²) in [4.78, 5) is 0. The van der Waals surface area contributed by atoms with E-state index in [1.165, 1.54) is 18.4 Å². The number of ether oxygens (including phenoxy) is 1. The summed E-state index contributed by atoms with van der Waals surface area (Å²) in [6.45, 7) is 6.31. The van der Waals surface area contributed by atoms with Gasteiger partial charge in [0.25, 0.3) is 0 Å². The summed E-state index contributed by atoms with van der Waals surface area (Å²) in [5.74, 6) is 1.13. The largest absolute Gasteiger partial charge is 0.495 e. The average Bonchev–Trinajstić information content (AvgIpc) is 1.80. The third kappa shape index (κ3) is 1.47. The van der Waals surface area contributed by atoms with E-state index in [9.17, 15) is 0 Å². The molecule has 0 aromatic carbocycles. The Kier molecular flexibility index (Phi) is 1.79. The minimum atomic E-state index is 0.439. The van der Waals surface area contributed by atoms with Crippen molar-refractivity contribution in [1.29, 1.82) is 0 Å². The van der Waals surface area contributed by atoms with Crippen molar-refractivity contribution in [3.63, 3.8) is 0 Å². The molecular weight excluding hydrogens is 112 g/mol. The molecule has 0 fully saturated rings. The number of hydrogen-bond donors (Lipinski definition) is 0. The Hall–Kier alpha value is -0.460. The molecule has 0 aliphatic carbocycles. The van der Waals surface area contributed by atoms with Crippen LogP contribution < -0.4 is 0 Å². The predicted octanol–water partition coefficient (Wildman–Crippen LogP) is 2.48. The molecule has 0 N–H and O–H groups in total. The van der Waals surface area contributed by atoms with Gasteiger partial charge in [0, 0.05) is 0 Å².